The zero-order valence-electron chi connectivity index (χ0n) is 39.1. The van der Waals surface area contributed by atoms with Gasteiger partial charge >= 0.3 is 7.82 Å². The molecule has 0 spiro atoms. The monoisotopic (exact) mass is 780 g/mol. The fourth-order valence-electron chi connectivity index (χ4n) is 7.63. The van der Waals surface area contributed by atoms with Crippen LogP contribution < -0.4 is 0 Å². The summed E-state index contributed by atoms with van der Waals surface area (Å²) in [6.07, 6.45) is 28.4. The van der Waals surface area contributed by atoms with Gasteiger partial charge in [0.25, 0.3) is 0 Å². The Labute approximate surface area is 335 Å². The number of rotatable bonds is 30. The summed E-state index contributed by atoms with van der Waals surface area (Å²) in [6.45, 7) is 35.7. The Morgan fingerprint density at radius 2 is 0.509 bits per heavy atom. The lowest BCUT2D eigenvalue weighted by molar-refractivity contribution is 0.205. The largest absolute Gasteiger partial charge is 0.466 e. The molecule has 0 bridgehead atoms. The molecule has 0 rings (SSSR count). The van der Waals surface area contributed by atoms with Gasteiger partial charge in [-0.3, -0.25) is 0 Å². The van der Waals surface area contributed by atoms with Crippen molar-refractivity contribution in [1.29, 1.82) is 0 Å². The van der Waals surface area contributed by atoms with E-state index in [0.717, 1.165) is 0 Å². The first-order chi connectivity index (χ1) is 24.9. The van der Waals surface area contributed by atoms with E-state index in [1.165, 1.54) is 174 Å². The third kappa shape index (κ3) is 36.1. The SMILES string of the molecule is CCCCN(C)CCCC(CC)(CC)CC.CCCCN(C)CCCC(CC)(CC)CC.CCCCN(C)CCCC(CC)(CC)CC.O=P(O)(O)O. The quantitative estimate of drug-likeness (QED) is 0.0626. The summed E-state index contributed by atoms with van der Waals surface area (Å²) in [7, 11) is 2.16. The molecule has 0 aromatic carbocycles. The van der Waals surface area contributed by atoms with Crippen molar-refractivity contribution in [3.05, 3.63) is 0 Å². The summed E-state index contributed by atoms with van der Waals surface area (Å²) < 4.78 is 8.88. The molecule has 53 heavy (non-hydrogen) atoms. The Balaban J connectivity index is -0.000000318. The van der Waals surface area contributed by atoms with Crippen molar-refractivity contribution in [2.75, 3.05) is 60.4 Å². The van der Waals surface area contributed by atoms with Crippen LogP contribution in [0.5, 0.6) is 0 Å². The highest BCUT2D eigenvalue weighted by Crippen LogP contribution is 2.37. The molecule has 0 aromatic heterocycles. The molecule has 0 unspecified atom stereocenters. The van der Waals surface area contributed by atoms with Gasteiger partial charge in [-0.25, -0.2) is 4.57 Å². The molecule has 0 saturated carbocycles. The molecule has 0 heterocycles. The van der Waals surface area contributed by atoms with E-state index in [0.29, 0.717) is 16.2 Å². The van der Waals surface area contributed by atoms with Crippen LogP contribution in [-0.2, 0) is 4.57 Å². The first-order valence-electron chi connectivity index (χ1n) is 22.7. The molecular weight excluding hydrogens is 677 g/mol. The molecule has 0 radical (unpaired) electrons. The average Bonchev–Trinajstić information content (AvgIpc) is 3.14. The minimum absolute atomic E-state index is 0.631. The highest BCUT2D eigenvalue weighted by molar-refractivity contribution is 7.45. The molecule has 0 aliphatic carbocycles. The van der Waals surface area contributed by atoms with Crippen molar-refractivity contribution in [2.24, 2.45) is 16.2 Å². The number of unbranched alkanes of at least 4 members (excludes halogenated alkanes) is 3. The van der Waals surface area contributed by atoms with Crippen molar-refractivity contribution in [3.63, 3.8) is 0 Å². The first kappa shape index (κ1) is 59.7. The normalized spacial score (nSPS) is 12.3. The predicted octanol–water partition coefficient (Wildman–Crippen LogP) is 13.2. The van der Waals surface area contributed by atoms with E-state index in [-0.39, 0.29) is 0 Å². The van der Waals surface area contributed by atoms with Gasteiger partial charge in [-0.2, -0.15) is 0 Å². The molecule has 0 fully saturated rings. The number of hydrogen-bond acceptors (Lipinski definition) is 4. The van der Waals surface area contributed by atoms with Crippen LogP contribution in [-0.4, -0.2) is 89.8 Å². The summed E-state index contributed by atoms with van der Waals surface area (Å²) in [5.41, 5.74) is 1.89. The molecule has 3 N–H and O–H groups in total. The van der Waals surface area contributed by atoms with Crippen LogP contribution in [0.3, 0.4) is 0 Å². The molecule has 0 saturated heterocycles. The van der Waals surface area contributed by atoms with Crippen LogP contribution in [0.4, 0.5) is 0 Å². The lowest BCUT2D eigenvalue weighted by atomic mass is 9.76. The van der Waals surface area contributed by atoms with Crippen LogP contribution >= 0.6 is 7.82 Å². The molecule has 326 valence electrons. The maximum absolute atomic E-state index is 8.88. The summed E-state index contributed by atoms with van der Waals surface area (Å²) in [5.74, 6) is 0. The van der Waals surface area contributed by atoms with Gasteiger partial charge in [-0.05, 0) is 134 Å². The standard InChI is InChI=1S/3C15H33N.H3O4P/c3*1-6-10-13-16(5)14-11-12-15(7-2,8-3)9-4;1-5(2,3)4/h3*6-14H2,1-5H3;(H3,1,2,3,4). The van der Waals surface area contributed by atoms with Crippen LogP contribution in [0.15, 0.2) is 0 Å². The van der Waals surface area contributed by atoms with E-state index in [9.17, 15) is 0 Å². The van der Waals surface area contributed by atoms with E-state index in [1.807, 2.05) is 0 Å². The molecular formula is C45H102N3O4P. The van der Waals surface area contributed by atoms with Crippen LogP contribution in [0.1, 0.15) is 218 Å². The fourth-order valence-corrected chi connectivity index (χ4v) is 7.63. The van der Waals surface area contributed by atoms with Gasteiger partial charge in [-0.15, -0.1) is 0 Å². The third-order valence-electron chi connectivity index (χ3n) is 13.2. The Hall–Kier alpha value is -0.0100. The molecule has 0 atom stereocenters. The first-order valence-corrected chi connectivity index (χ1v) is 24.3. The van der Waals surface area contributed by atoms with Gasteiger partial charge < -0.3 is 29.4 Å². The summed E-state index contributed by atoms with van der Waals surface area (Å²) in [5, 5.41) is 0. The minimum Gasteiger partial charge on any atom is -0.306 e. The molecule has 8 heteroatoms. The summed E-state index contributed by atoms with van der Waals surface area (Å²) >= 11 is 0. The van der Waals surface area contributed by atoms with Crippen LogP contribution in [0, 0.1) is 16.2 Å². The molecule has 7 nitrogen and oxygen atoms in total. The van der Waals surface area contributed by atoms with Gasteiger partial charge in [0.05, 0.1) is 0 Å². The van der Waals surface area contributed by atoms with Gasteiger partial charge in [0, 0.05) is 0 Å². The third-order valence-corrected chi connectivity index (χ3v) is 13.2. The minimum atomic E-state index is -4.64. The van der Waals surface area contributed by atoms with Crippen molar-refractivity contribution >= 4 is 7.82 Å². The highest BCUT2D eigenvalue weighted by Gasteiger charge is 2.24. The van der Waals surface area contributed by atoms with E-state index >= 15 is 0 Å². The number of phosphoric acid groups is 1. The Kier molecular flexibility index (Phi) is 42.3. The maximum Gasteiger partial charge on any atom is 0.466 e. The topological polar surface area (TPSA) is 87.5 Å². The summed E-state index contributed by atoms with van der Waals surface area (Å²) in [4.78, 5) is 29.0. The maximum atomic E-state index is 8.88. The van der Waals surface area contributed by atoms with Gasteiger partial charge in [-0.1, -0.05) is 160 Å². The highest BCUT2D eigenvalue weighted by atomic mass is 31.2. The smallest absolute Gasteiger partial charge is 0.306 e. The van der Waals surface area contributed by atoms with Crippen molar-refractivity contribution < 1.29 is 19.2 Å². The molecule has 0 amide bonds. The zero-order chi connectivity index (χ0) is 41.8. The lowest BCUT2D eigenvalue weighted by Gasteiger charge is -2.31. The summed E-state index contributed by atoms with van der Waals surface area (Å²) in [6, 6.07) is 0. The fraction of sp³-hybridized carbons (Fsp3) is 1.00. The van der Waals surface area contributed by atoms with Crippen molar-refractivity contribution in [3.8, 4) is 0 Å². The van der Waals surface area contributed by atoms with E-state index in [4.69, 9.17) is 19.2 Å². The Morgan fingerprint density at radius 3 is 0.642 bits per heavy atom. The van der Waals surface area contributed by atoms with E-state index < -0.39 is 7.82 Å². The Morgan fingerprint density at radius 1 is 0.358 bits per heavy atom. The predicted molar refractivity (Wildman–Crippen MR) is 239 cm³/mol. The second-order valence-electron chi connectivity index (χ2n) is 16.5. The van der Waals surface area contributed by atoms with Gasteiger partial charge in [0.2, 0.25) is 0 Å². The Bertz CT molecular complexity index is 663. The number of hydrogen-bond donors (Lipinski definition) is 3. The molecule has 0 aromatic rings. The van der Waals surface area contributed by atoms with Crippen molar-refractivity contribution in [1.82, 2.24) is 14.7 Å². The lowest BCUT2D eigenvalue weighted by Crippen LogP contribution is -2.24. The van der Waals surface area contributed by atoms with Crippen molar-refractivity contribution in [2.45, 2.75) is 218 Å². The van der Waals surface area contributed by atoms with E-state index in [2.05, 4.69) is 119 Å². The van der Waals surface area contributed by atoms with Crippen LogP contribution in [0.2, 0.25) is 0 Å². The van der Waals surface area contributed by atoms with Gasteiger partial charge in [0.1, 0.15) is 0 Å². The number of nitrogens with zero attached hydrogens (tertiary/aromatic N) is 3. The molecule has 0 aliphatic rings. The van der Waals surface area contributed by atoms with E-state index in [1.54, 1.807) is 0 Å². The average molecular weight is 780 g/mol. The van der Waals surface area contributed by atoms with Gasteiger partial charge in [0.15, 0.2) is 0 Å². The second-order valence-corrected chi connectivity index (χ2v) is 17.5. The second kappa shape index (κ2) is 37.6. The molecule has 0 aliphatic heterocycles. The van der Waals surface area contributed by atoms with Crippen LogP contribution in [0.25, 0.3) is 0 Å². The zero-order valence-corrected chi connectivity index (χ0v) is 40.0.